The molecule has 0 aromatic heterocycles. The minimum Gasteiger partial charge on any atom is -0.746 e. The van der Waals surface area contributed by atoms with Gasteiger partial charge in [0.1, 0.15) is 28.9 Å². The molecular weight excluding hydrogens is 619 g/mol. The Bertz CT molecular complexity index is 1290. The van der Waals surface area contributed by atoms with Crippen molar-refractivity contribution in [3.05, 3.63) is 35.9 Å². The fourth-order valence-corrected chi connectivity index (χ4v) is 6.83. The minimum atomic E-state index is -5.22. The summed E-state index contributed by atoms with van der Waals surface area (Å²) < 4.78 is 46.0. The summed E-state index contributed by atoms with van der Waals surface area (Å²) >= 11 is 0. The Morgan fingerprint density at radius 3 is 2.29 bits per heavy atom. The molecule has 14 nitrogen and oxygen atoms in total. The van der Waals surface area contributed by atoms with Crippen molar-refractivity contribution in [1.82, 2.24) is 20.9 Å². The molecule has 0 radical (unpaired) electrons. The maximum Gasteiger partial charge on any atom is 1.00 e. The van der Waals surface area contributed by atoms with E-state index in [1.165, 1.54) is 0 Å². The number of ether oxygens (including phenoxy) is 2. The molecule has 0 spiro atoms. The van der Waals surface area contributed by atoms with Crippen molar-refractivity contribution < 1.29 is 76.3 Å². The van der Waals surface area contributed by atoms with Gasteiger partial charge in [-0.25, -0.2) is 18.0 Å². The van der Waals surface area contributed by atoms with Crippen molar-refractivity contribution >= 4 is 34.1 Å². The van der Waals surface area contributed by atoms with Gasteiger partial charge in [-0.2, -0.15) is 0 Å². The molecule has 3 unspecified atom stereocenters. The number of nitrogens with one attached hydrogen (secondary N) is 3. The zero-order valence-corrected chi connectivity index (χ0v) is 28.7. The van der Waals surface area contributed by atoms with Gasteiger partial charge in [-0.05, 0) is 43.6 Å². The molecule has 0 saturated carbocycles. The van der Waals surface area contributed by atoms with E-state index in [4.69, 9.17) is 9.47 Å². The van der Waals surface area contributed by atoms with Crippen LogP contribution in [0.2, 0.25) is 0 Å². The van der Waals surface area contributed by atoms with Gasteiger partial charge in [-0.3, -0.25) is 9.59 Å². The zero-order valence-electron chi connectivity index (χ0n) is 25.8. The molecule has 4 N–H and O–H groups in total. The SMILES string of the molecule is CC(C)C[C@H](NC(=O)OC1CC2CCC(C1)N2C(=O)OCc1ccccc1)C(=O)N[C@@H](C[C@H]1CCNC1=O)C(O)S(=O)(=O)[O-].[Na+]. The Balaban J connectivity index is 0.00000552. The van der Waals surface area contributed by atoms with Crippen molar-refractivity contribution in [3.8, 4) is 0 Å². The Labute approximate surface area is 285 Å². The van der Waals surface area contributed by atoms with Crippen molar-refractivity contribution in [3.63, 3.8) is 0 Å². The van der Waals surface area contributed by atoms with Crippen LogP contribution in [0, 0.1) is 11.8 Å². The number of rotatable bonds is 12. The van der Waals surface area contributed by atoms with Crippen molar-refractivity contribution in [1.29, 1.82) is 0 Å². The van der Waals surface area contributed by atoms with E-state index in [2.05, 4.69) is 16.0 Å². The minimum absolute atomic E-state index is 0. The summed E-state index contributed by atoms with van der Waals surface area (Å²) in [6.45, 7) is 4.14. The summed E-state index contributed by atoms with van der Waals surface area (Å²) in [6, 6.07) is 6.30. The number of piperidine rings is 1. The second kappa shape index (κ2) is 16.4. The summed E-state index contributed by atoms with van der Waals surface area (Å²) in [7, 11) is -5.22. The predicted octanol–water partition coefficient (Wildman–Crippen LogP) is -1.66. The van der Waals surface area contributed by atoms with Crippen molar-refractivity contribution in [2.75, 3.05) is 6.54 Å². The summed E-state index contributed by atoms with van der Waals surface area (Å²) in [4.78, 5) is 52.8. The number of nitrogens with zero attached hydrogens (tertiary/aromatic N) is 1. The van der Waals surface area contributed by atoms with Crippen LogP contribution in [0.15, 0.2) is 30.3 Å². The second-order valence-electron chi connectivity index (χ2n) is 12.2. The normalized spacial score (nSPS) is 24.6. The van der Waals surface area contributed by atoms with Crippen molar-refractivity contribution in [2.24, 2.45) is 11.8 Å². The summed E-state index contributed by atoms with van der Waals surface area (Å²) in [5.41, 5.74) is -1.60. The number of aliphatic hydroxyl groups excluding tert-OH is 1. The fourth-order valence-electron chi connectivity index (χ4n) is 6.25. The standard InChI is InChI=1S/C29H42N4O10S.Na/c1-17(2)12-23(26(35)31-24(27(36)44(39,40)41)13-19-10-11-30-25(19)34)32-28(37)43-22-14-20-8-9-21(15-22)33(20)29(38)42-16-18-6-4-3-5-7-18;/h3-7,17,19-24,27,36H,8-16H2,1-2H3,(H,30,34)(H,31,35)(H,32,37)(H,39,40,41);/q;+1/p-1/t19-,20?,21?,22?,23+,24+,27?;/m1./s1. The molecule has 3 aliphatic heterocycles. The molecule has 3 aliphatic rings. The van der Waals surface area contributed by atoms with E-state index in [9.17, 15) is 37.3 Å². The predicted molar refractivity (Wildman–Crippen MR) is 155 cm³/mol. The number of benzene rings is 1. The third kappa shape index (κ3) is 10.3. The number of hydrogen-bond donors (Lipinski definition) is 4. The van der Waals surface area contributed by atoms with Crippen LogP contribution in [0.3, 0.4) is 0 Å². The van der Waals surface area contributed by atoms with Crippen LogP contribution in [0.25, 0.3) is 0 Å². The van der Waals surface area contributed by atoms with Gasteiger partial charge in [0.15, 0.2) is 5.44 Å². The van der Waals surface area contributed by atoms with Gasteiger partial charge in [-0.15, -0.1) is 0 Å². The first-order chi connectivity index (χ1) is 20.8. The van der Waals surface area contributed by atoms with Crippen LogP contribution in [0.1, 0.15) is 64.4 Å². The van der Waals surface area contributed by atoms with Gasteiger partial charge in [0, 0.05) is 37.4 Å². The van der Waals surface area contributed by atoms with E-state index in [1.54, 1.807) is 4.90 Å². The Kier molecular flexibility index (Phi) is 13.5. The maximum atomic E-state index is 13.3. The van der Waals surface area contributed by atoms with Gasteiger partial charge >= 0.3 is 41.7 Å². The van der Waals surface area contributed by atoms with E-state index in [0.29, 0.717) is 25.8 Å². The number of fused-ring (bicyclic) bond motifs is 2. The molecule has 3 heterocycles. The maximum absolute atomic E-state index is 13.3. The number of carbonyl (C=O) groups excluding carboxylic acids is 4. The number of carbonyl (C=O) groups is 4. The molecule has 0 aliphatic carbocycles. The smallest absolute Gasteiger partial charge is 0.746 e. The first-order valence-electron chi connectivity index (χ1n) is 15.0. The molecule has 2 bridgehead atoms. The Hall–Kier alpha value is -2.43. The molecule has 3 saturated heterocycles. The third-order valence-corrected chi connectivity index (χ3v) is 9.28. The van der Waals surface area contributed by atoms with Gasteiger partial charge in [-0.1, -0.05) is 44.2 Å². The van der Waals surface area contributed by atoms with Gasteiger partial charge in [0.2, 0.25) is 11.8 Å². The number of hydrogen-bond acceptors (Lipinski definition) is 10. The fraction of sp³-hybridized carbons (Fsp3) is 0.655. The van der Waals surface area contributed by atoms with Crippen LogP contribution < -0.4 is 45.5 Å². The number of alkyl carbamates (subject to hydrolysis) is 1. The molecular formula is C29H41N4NaO10S. The summed E-state index contributed by atoms with van der Waals surface area (Å²) in [6.07, 6.45) is 0.755. The molecule has 16 heteroatoms. The van der Waals surface area contributed by atoms with E-state index in [-0.39, 0.29) is 72.9 Å². The Morgan fingerprint density at radius 1 is 1.09 bits per heavy atom. The van der Waals surface area contributed by atoms with E-state index < -0.39 is 57.8 Å². The van der Waals surface area contributed by atoms with Gasteiger partial charge in [0.25, 0.3) is 0 Å². The first kappa shape index (κ1) is 37.0. The molecule has 1 aromatic rings. The Morgan fingerprint density at radius 2 is 1.73 bits per heavy atom. The largest absolute Gasteiger partial charge is 1.00 e. The second-order valence-corrected chi connectivity index (χ2v) is 13.6. The molecule has 4 amide bonds. The van der Waals surface area contributed by atoms with Crippen LogP contribution in [0.5, 0.6) is 0 Å². The molecule has 3 fully saturated rings. The van der Waals surface area contributed by atoms with Gasteiger partial charge in [0.05, 0.1) is 6.04 Å². The number of aliphatic hydroxyl groups is 1. The average molecular weight is 661 g/mol. The molecule has 4 rings (SSSR count). The number of amides is 4. The topological polar surface area (TPSA) is 203 Å². The van der Waals surface area contributed by atoms with Crippen LogP contribution >= 0.6 is 0 Å². The quantitative estimate of drug-likeness (QED) is 0.148. The van der Waals surface area contributed by atoms with Crippen LogP contribution in [0.4, 0.5) is 9.59 Å². The van der Waals surface area contributed by atoms with Crippen molar-refractivity contribution in [2.45, 2.75) is 101 Å². The molecule has 244 valence electrons. The monoisotopic (exact) mass is 660 g/mol. The molecule has 1 aromatic carbocycles. The molecule has 45 heavy (non-hydrogen) atoms. The first-order valence-corrected chi connectivity index (χ1v) is 16.5. The van der Waals surface area contributed by atoms with E-state index in [0.717, 1.165) is 18.4 Å². The average Bonchev–Trinajstić information content (AvgIpc) is 3.49. The van der Waals surface area contributed by atoms with E-state index in [1.807, 2.05) is 44.2 Å². The molecule has 6 atom stereocenters. The summed E-state index contributed by atoms with van der Waals surface area (Å²) in [5, 5.41) is 17.7. The van der Waals surface area contributed by atoms with Gasteiger partial charge < -0.3 is 40.0 Å². The van der Waals surface area contributed by atoms with E-state index >= 15 is 0 Å². The zero-order chi connectivity index (χ0) is 32.0. The third-order valence-electron chi connectivity index (χ3n) is 8.36. The summed E-state index contributed by atoms with van der Waals surface area (Å²) in [5.74, 6) is -1.98. The van der Waals surface area contributed by atoms with Crippen LogP contribution in [-0.2, 0) is 35.8 Å². The van der Waals surface area contributed by atoms with Crippen LogP contribution in [-0.4, -0.2) is 89.2 Å².